The molecule has 0 radical (unpaired) electrons. The van der Waals surface area contributed by atoms with E-state index in [1.165, 1.54) is 6.42 Å². The lowest BCUT2D eigenvalue weighted by atomic mass is 10.0. The second-order valence-electron chi connectivity index (χ2n) is 5.25. The number of nitrogens with zero attached hydrogens (tertiary/aromatic N) is 1. The number of aliphatic hydroxyl groups is 1. The lowest BCUT2D eigenvalue weighted by Gasteiger charge is -2.17. The van der Waals surface area contributed by atoms with Crippen LogP contribution in [0.15, 0.2) is 24.3 Å². The maximum Gasteiger partial charge on any atom is 0.227 e. The molecule has 0 unspecified atom stereocenters. The average Bonchev–Trinajstić information content (AvgIpc) is 2.85. The number of carbonyl (C=O) groups is 1. The second-order valence-corrected chi connectivity index (χ2v) is 5.25. The molecule has 1 saturated heterocycles. The van der Waals surface area contributed by atoms with Crippen molar-refractivity contribution < 1.29 is 9.90 Å². The van der Waals surface area contributed by atoms with E-state index in [4.69, 9.17) is 0 Å². The van der Waals surface area contributed by atoms with Crippen molar-refractivity contribution in [3.63, 3.8) is 0 Å². The van der Waals surface area contributed by atoms with Gasteiger partial charge in [-0.1, -0.05) is 38.3 Å². The molecule has 0 aliphatic carbocycles. The number of carbonyl (C=O) groups excluding carboxylic acids is 1. The van der Waals surface area contributed by atoms with Crippen LogP contribution in [-0.2, 0) is 4.79 Å². The fourth-order valence-corrected chi connectivity index (χ4v) is 2.55. The van der Waals surface area contributed by atoms with Crippen molar-refractivity contribution in [2.75, 3.05) is 11.4 Å². The van der Waals surface area contributed by atoms with Gasteiger partial charge in [0.1, 0.15) is 0 Å². The summed E-state index contributed by atoms with van der Waals surface area (Å²) >= 11 is 0. The smallest absolute Gasteiger partial charge is 0.227 e. The Morgan fingerprint density at radius 3 is 2.58 bits per heavy atom. The minimum Gasteiger partial charge on any atom is -0.388 e. The highest BCUT2D eigenvalue weighted by Gasteiger charge is 2.21. The van der Waals surface area contributed by atoms with E-state index in [1.807, 2.05) is 29.2 Å². The zero-order chi connectivity index (χ0) is 13.7. The van der Waals surface area contributed by atoms with Crippen LogP contribution in [-0.4, -0.2) is 17.6 Å². The molecule has 0 aromatic heterocycles. The largest absolute Gasteiger partial charge is 0.388 e. The molecule has 1 amide bonds. The molecule has 1 aliphatic rings. The van der Waals surface area contributed by atoms with Crippen LogP contribution in [0.1, 0.15) is 57.1 Å². The SMILES string of the molecule is CCCCC[C@H](O)c1ccc(N2CCCC2=O)cc1. The molecule has 2 rings (SSSR count). The van der Waals surface area contributed by atoms with Gasteiger partial charge in [0.05, 0.1) is 6.10 Å². The van der Waals surface area contributed by atoms with Gasteiger partial charge in [-0.05, 0) is 30.5 Å². The minimum absolute atomic E-state index is 0.205. The van der Waals surface area contributed by atoms with E-state index in [0.717, 1.165) is 43.5 Å². The van der Waals surface area contributed by atoms with Crippen LogP contribution in [0.5, 0.6) is 0 Å². The van der Waals surface area contributed by atoms with E-state index in [2.05, 4.69) is 6.92 Å². The summed E-state index contributed by atoms with van der Waals surface area (Å²) in [5, 5.41) is 10.1. The van der Waals surface area contributed by atoms with Crippen LogP contribution in [0.3, 0.4) is 0 Å². The highest BCUT2D eigenvalue weighted by Crippen LogP contribution is 2.25. The minimum atomic E-state index is -0.380. The Morgan fingerprint density at radius 2 is 2.00 bits per heavy atom. The summed E-state index contributed by atoms with van der Waals surface area (Å²) in [6.45, 7) is 2.98. The van der Waals surface area contributed by atoms with Crippen molar-refractivity contribution in [1.29, 1.82) is 0 Å². The highest BCUT2D eigenvalue weighted by atomic mass is 16.3. The molecule has 0 bridgehead atoms. The Bertz CT molecular complexity index is 413. The fraction of sp³-hybridized carbons (Fsp3) is 0.562. The van der Waals surface area contributed by atoms with Crippen LogP contribution in [0.25, 0.3) is 0 Å². The van der Waals surface area contributed by atoms with E-state index in [0.29, 0.717) is 6.42 Å². The fourth-order valence-electron chi connectivity index (χ4n) is 2.55. The van der Waals surface area contributed by atoms with Crippen molar-refractivity contribution in [1.82, 2.24) is 0 Å². The van der Waals surface area contributed by atoms with Crippen molar-refractivity contribution >= 4 is 11.6 Å². The summed E-state index contributed by atoms with van der Waals surface area (Å²) in [5.74, 6) is 0.205. The van der Waals surface area contributed by atoms with Gasteiger partial charge in [0.15, 0.2) is 0 Å². The number of benzene rings is 1. The Hall–Kier alpha value is -1.35. The number of rotatable bonds is 6. The van der Waals surface area contributed by atoms with Crippen molar-refractivity contribution in [3.05, 3.63) is 29.8 Å². The molecule has 3 heteroatoms. The van der Waals surface area contributed by atoms with Gasteiger partial charge in [-0.15, -0.1) is 0 Å². The van der Waals surface area contributed by atoms with Gasteiger partial charge in [-0.25, -0.2) is 0 Å². The number of aliphatic hydroxyl groups excluding tert-OH is 1. The summed E-state index contributed by atoms with van der Waals surface area (Å²) in [6.07, 6.45) is 5.43. The first-order valence-electron chi connectivity index (χ1n) is 7.30. The van der Waals surface area contributed by atoms with Crippen LogP contribution in [0, 0.1) is 0 Å². The van der Waals surface area contributed by atoms with Gasteiger partial charge in [0, 0.05) is 18.7 Å². The Balaban J connectivity index is 1.95. The van der Waals surface area contributed by atoms with Crippen LogP contribution in [0.4, 0.5) is 5.69 Å². The first-order chi connectivity index (χ1) is 9.22. The summed E-state index contributed by atoms with van der Waals surface area (Å²) in [6, 6.07) is 7.78. The normalized spacial score (nSPS) is 16.9. The number of hydrogen-bond acceptors (Lipinski definition) is 2. The average molecular weight is 261 g/mol. The van der Waals surface area contributed by atoms with Gasteiger partial charge >= 0.3 is 0 Å². The Morgan fingerprint density at radius 1 is 1.26 bits per heavy atom. The lowest BCUT2D eigenvalue weighted by Crippen LogP contribution is -2.23. The van der Waals surface area contributed by atoms with Crippen LogP contribution >= 0.6 is 0 Å². The first-order valence-corrected chi connectivity index (χ1v) is 7.30. The molecule has 3 nitrogen and oxygen atoms in total. The van der Waals surface area contributed by atoms with Gasteiger partial charge < -0.3 is 10.0 Å². The molecule has 19 heavy (non-hydrogen) atoms. The maximum absolute atomic E-state index is 11.6. The first kappa shape index (κ1) is 14.1. The molecule has 0 spiro atoms. The molecule has 0 saturated carbocycles. The van der Waals surface area contributed by atoms with Crippen LogP contribution < -0.4 is 4.90 Å². The standard InChI is InChI=1S/C16H23NO2/c1-2-3-4-6-15(18)13-8-10-14(11-9-13)17-12-5-7-16(17)19/h8-11,15,18H,2-7,12H2,1H3/t15-/m0/s1. The second kappa shape index (κ2) is 6.71. The summed E-state index contributed by atoms with van der Waals surface area (Å²) in [4.78, 5) is 13.5. The zero-order valence-corrected chi connectivity index (χ0v) is 11.6. The highest BCUT2D eigenvalue weighted by molar-refractivity contribution is 5.95. The van der Waals surface area contributed by atoms with E-state index in [9.17, 15) is 9.90 Å². The molecule has 1 fully saturated rings. The van der Waals surface area contributed by atoms with E-state index in [-0.39, 0.29) is 12.0 Å². The number of hydrogen-bond donors (Lipinski definition) is 1. The molecule has 1 aromatic carbocycles. The summed E-state index contributed by atoms with van der Waals surface area (Å²) < 4.78 is 0. The number of unbranched alkanes of at least 4 members (excludes halogenated alkanes) is 2. The number of amides is 1. The molecule has 1 aliphatic heterocycles. The molecule has 104 valence electrons. The molecule has 1 heterocycles. The van der Waals surface area contributed by atoms with Crippen molar-refractivity contribution in [3.8, 4) is 0 Å². The predicted molar refractivity (Wildman–Crippen MR) is 77.1 cm³/mol. The quantitative estimate of drug-likeness (QED) is 0.797. The van der Waals surface area contributed by atoms with Gasteiger partial charge in [-0.3, -0.25) is 4.79 Å². The molecule has 1 N–H and O–H groups in total. The summed E-state index contributed by atoms with van der Waals surface area (Å²) in [5.41, 5.74) is 1.90. The predicted octanol–water partition coefficient (Wildman–Crippen LogP) is 3.43. The molecular formula is C16H23NO2. The van der Waals surface area contributed by atoms with E-state index < -0.39 is 0 Å². The van der Waals surface area contributed by atoms with Crippen molar-refractivity contribution in [2.45, 2.75) is 51.6 Å². The van der Waals surface area contributed by atoms with E-state index >= 15 is 0 Å². The van der Waals surface area contributed by atoms with E-state index in [1.54, 1.807) is 0 Å². The Kier molecular flexibility index (Phi) is 4.97. The molecule has 1 atom stereocenters. The van der Waals surface area contributed by atoms with Gasteiger partial charge in [0.2, 0.25) is 5.91 Å². The third kappa shape index (κ3) is 3.57. The Labute approximate surface area is 115 Å². The zero-order valence-electron chi connectivity index (χ0n) is 11.6. The lowest BCUT2D eigenvalue weighted by molar-refractivity contribution is -0.117. The van der Waals surface area contributed by atoms with Crippen molar-refractivity contribution in [2.24, 2.45) is 0 Å². The van der Waals surface area contributed by atoms with Crippen LogP contribution in [0.2, 0.25) is 0 Å². The maximum atomic E-state index is 11.6. The number of anilines is 1. The van der Waals surface area contributed by atoms with Gasteiger partial charge in [0.25, 0.3) is 0 Å². The topological polar surface area (TPSA) is 40.5 Å². The van der Waals surface area contributed by atoms with Gasteiger partial charge in [-0.2, -0.15) is 0 Å². The monoisotopic (exact) mass is 261 g/mol. The third-order valence-corrected chi connectivity index (χ3v) is 3.74. The molecule has 1 aromatic rings. The molecular weight excluding hydrogens is 238 g/mol. The summed E-state index contributed by atoms with van der Waals surface area (Å²) in [7, 11) is 0. The third-order valence-electron chi connectivity index (χ3n) is 3.74.